The SMILES string of the molecule is O=C(O)C1CCCC1N1CCC2(CCCCC2)C1. The molecule has 18 heavy (non-hydrogen) atoms. The van der Waals surface area contributed by atoms with Crippen molar-refractivity contribution in [3.63, 3.8) is 0 Å². The van der Waals surface area contributed by atoms with Crippen LogP contribution in [0.4, 0.5) is 0 Å². The average molecular weight is 251 g/mol. The normalized spacial score (nSPS) is 36.2. The fourth-order valence-corrected chi connectivity index (χ4v) is 4.63. The summed E-state index contributed by atoms with van der Waals surface area (Å²) in [6.45, 7) is 2.33. The summed E-state index contributed by atoms with van der Waals surface area (Å²) >= 11 is 0. The molecule has 2 saturated carbocycles. The van der Waals surface area contributed by atoms with Crippen molar-refractivity contribution >= 4 is 5.97 Å². The minimum absolute atomic E-state index is 0.0938. The molecule has 1 aliphatic heterocycles. The Morgan fingerprint density at radius 3 is 2.56 bits per heavy atom. The summed E-state index contributed by atoms with van der Waals surface area (Å²) in [5.74, 6) is -0.661. The van der Waals surface area contributed by atoms with Gasteiger partial charge in [-0.2, -0.15) is 0 Å². The van der Waals surface area contributed by atoms with Gasteiger partial charge in [-0.25, -0.2) is 0 Å². The van der Waals surface area contributed by atoms with Gasteiger partial charge in [-0.3, -0.25) is 9.69 Å². The van der Waals surface area contributed by atoms with Crippen LogP contribution >= 0.6 is 0 Å². The van der Waals surface area contributed by atoms with Crippen LogP contribution in [0.3, 0.4) is 0 Å². The maximum atomic E-state index is 11.3. The second kappa shape index (κ2) is 4.84. The number of aliphatic carboxylic acids is 1. The highest BCUT2D eigenvalue weighted by atomic mass is 16.4. The lowest BCUT2D eigenvalue weighted by Crippen LogP contribution is -2.40. The Hall–Kier alpha value is -0.570. The van der Waals surface area contributed by atoms with E-state index in [0.717, 1.165) is 25.8 Å². The van der Waals surface area contributed by atoms with Gasteiger partial charge in [0, 0.05) is 12.6 Å². The summed E-state index contributed by atoms with van der Waals surface area (Å²) in [6.07, 6.45) is 11.4. The fraction of sp³-hybridized carbons (Fsp3) is 0.933. The van der Waals surface area contributed by atoms with E-state index in [4.69, 9.17) is 0 Å². The monoisotopic (exact) mass is 251 g/mol. The van der Waals surface area contributed by atoms with Crippen molar-refractivity contribution in [1.82, 2.24) is 4.90 Å². The Labute approximate surface area is 110 Å². The van der Waals surface area contributed by atoms with Gasteiger partial charge >= 0.3 is 5.97 Å². The van der Waals surface area contributed by atoms with Gasteiger partial charge in [0.25, 0.3) is 0 Å². The van der Waals surface area contributed by atoms with E-state index in [1.165, 1.54) is 45.1 Å². The molecule has 2 unspecified atom stereocenters. The lowest BCUT2D eigenvalue weighted by molar-refractivity contribution is -0.143. The van der Waals surface area contributed by atoms with Crippen LogP contribution in [-0.2, 0) is 4.79 Å². The van der Waals surface area contributed by atoms with Gasteiger partial charge in [0.2, 0.25) is 0 Å². The van der Waals surface area contributed by atoms with Crippen LogP contribution in [0.2, 0.25) is 0 Å². The van der Waals surface area contributed by atoms with E-state index in [9.17, 15) is 9.90 Å². The van der Waals surface area contributed by atoms with Crippen LogP contribution < -0.4 is 0 Å². The molecule has 0 aromatic carbocycles. The molecular formula is C15H25NO2. The minimum atomic E-state index is -0.568. The molecule has 0 radical (unpaired) electrons. The number of carbonyl (C=O) groups is 1. The number of carboxylic acids is 1. The molecular weight excluding hydrogens is 226 g/mol. The Morgan fingerprint density at radius 1 is 1.06 bits per heavy atom. The molecule has 2 atom stereocenters. The third kappa shape index (κ3) is 2.18. The molecule has 2 aliphatic carbocycles. The molecule has 102 valence electrons. The summed E-state index contributed by atoms with van der Waals surface area (Å²) in [5.41, 5.74) is 0.559. The van der Waals surface area contributed by atoms with Gasteiger partial charge in [0.1, 0.15) is 0 Å². The summed E-state index contributed by atoms with van der Waals surface area (Å²) in [7, 11) is 0. The maximum Gasteiger partial charge on any atom is 0.308 e. The van der Waals surface area contributed by atoms with Gasteiger partial charge in [-0.05, 0) is 44.1 Å². The first-order valence-electron chi connectivity index (χ1n) is 7.67. The van der Waals surface area contributed by atoms with Gasteiger partial charge in [-0.15, -0.1) is 0 Å². The van der Waals surface area contributed by atoms with Crippen LogP contribution in [0.15, 0.2) is 0 Å². The van der Waals surface area contributed by atoms with Gasteiger partial charge in [0.05, 0.1) is 5.92 Å². The molecule has 1 spiro atoms. The lowest BCUT2D eigenvalue weighted by Gasteiger charge is -2.35. The number of hydrogen-bond acceptors (Lipinski definition) is 2. The molecule has 0 amide bonds. The second-order valence-electron chi connectivity index (χ2n) is 6.72. The summed E-state index contributed by atoms with van der Waals surface area (Å²) < 4.78 is 0. The second-order valence-corrected chi connectivity index (χ2v) is 6.72. The maximum absolute atomic E-state index is 11.3. The first-order chi connectivity index (χ1) is 8.70. The van der Waals surface area contributed by atoms with E-state index in [-0.39, 0.29) is 5.92 Å². The minimum Gasteiger partial charge on any atom is -0.481 e. The molecule has 0 bridgehead atoms. The number of carboxylic acid groups (broad SMARTS) is 1. The molecule has 3 aliphatic rings. The van der Waals surface area contributed by atoms with E-state index in [1.54, 1.807) is 0 Å². The zero-order valence-electron chi connectivity index (χ0n) is 11.2. The van der Waals surface area contributed by atoms with Crippen molar-refractivity contribution in [3.05, 3.63) is 0 Å². The van der Waals surface area contributed by atoms with Gasteiger partial charge in [0.15, 0.2) is 0 Å². The first kappa shape index (κ1) is 12.5. The molecule has 1 N–H and O–H groups in total. The molecule has 3 fully saturated rings. The van der Waals surface area contributed by atoms with E-state index < -0.39 is 5.97 Å². The smallest absolute Gasteiger partial charge is 0.308 e. The van der Waals surface area contributed by atoms with Crippen molar-refractivity contribution in [2.24, 2.45) is 11.3 Å². The zero-order chi connectivity index (χ0) is 12.6. The Kier molecular flexibility index (Phi) is 3.35. The van der Waals surface area contributed by atoms with Crippen LogP contribution in [-0.4, -0.2) is 35.1 Å². The van der Waals surface area contributed by atoms with Crippen molar-refractivity contribution in [2.75, 3.05) is 13.1 Å². The van der Waals surface area contributed by atoms with Crippen LogP contribution in [0.1, 0.15) is 57.8 Å². The van der Waals surface area contributed by atoms with Crippen molar-refractivity contribution in [2.45, 2.75) is 63.8 Å². The predicted molar refractivity (Wildman–Crippen MR) is 70.5 cm³/mol. The molecule has 3 heteroatoms. The fourth-order valence-electron chi connectivity index (χ4n) is 4.63. The Morgan fingerprint density at radius 2 is 1.83 bits per heavy atom. The Bertz CT molecular complexity index is 322. The third-order valence-corrected chi connectivity index (χ3v) is 5.65. The predicted octanol–water partition coefficient (Wildman–Crippen LogP) is 2.90. The third-order valence-electron chi connectivity index (χ3n) is 5.65. The largest absolute Gasteiger partial charge is 0.481 e. The van der Waals surface area contributed by atoms with Gasteiger partial charge in [-0.1, -0.05) is 25.7 Å². The average Bonchev–Trinajstić information content (AvgIpc) is 2.97. The van der Waals surface area contributed by atoms with Crippen LogP contribution in [0.25, 0.3) is 0 Å². The molecule has 1 heterocycles. The number of rotatable bonds is 2. The van der Waals surface area contributed by atoms with Crippen molar-refractivity contribution in [1.29, 1.82) is 0 Å². The van der Waals surface area contributed by atoms with Crippen LogP contribution in [0, 0.1) is 11.3 Å². The summed E-state index contributed by atoms with van der Waals surface area (Å²) in [6, 6.07) is 0.337. The van der Waals surface area contributed by atoms with Crippen molar-refractivity contribution in [3.8, 4) is 0 Å². The quantitative estimate of drug-likeness (QED) is 0.820. The highest BCUT2D eigenvalue weighted by molar-refractivity contribution is 5.71. The lowest BCUT2D eigenvalue weighted by atomic mass is 9.73. The standard InChI is InChI=1S/C15H25NO2/c17-14(18)12-5-4-6-13(12)16-10-9-15(11-16)7-2-1-3-8-15/h12-13H,1-11H2,(H,17,18). The number of nitrogens with zero attached hydrogens (tertiary/aromatic N) is 1. The topological polar surface area (TPSA) is 40.5 Å². The molecule has 3 rings (SSSR count). The van der Waals surface area contributed by atoms with Crippen molar-refractivity contribution < 1.29 is 9.90 Å². The molecule has 0 aromatic rings. The Balaban J connectivity index is 1.66. The first-order valence-corrected chi connectivity index (χ1v) is 7.67. The molecule has 3 nitrogen and oxygen atoms in total. The van der Waals surface area contributed by atoms with Crippen LogP contribution in [0.5, 0.6) is 0 Å². The van der Waals surface area contributed by atoms with Gasteiger partial charge < -0.3 is 5.11 Å². The van der Waals surface area contributed by atoms with E-state index in [2.05, 4.69) is 4.90 Å². The highest BCUT2D eigenvalue weighted by Crippen LogP contribution is 2.46. The molecule has 1 saturated heterocycles. The number of likely N-dealkylation sites (tertiary alicyclic amines) is 1. The van der Waals surface area contributed by atoms with E-state index >= 15 is 0 Å². The highest BCUT2D eigenvalue weighted by Gasteiger charge is 2.45. The summed E-state index contributed by atoms with van der Waals surface area (Å²) in [5, 5.41) is 9.32. The number of hydrogen-bond donors (Lipinski definition) is 1. The zero-order valence-corrected chi connectivity index (χ0v) is 11.2. The van der Waals surface area contributed by atoms with E-state index in [0.29, 0.717) is 11.5 Å². The summed E-state index contributed by atoms with van der Waals surface area (Å²) in [4.78, 5) is 13.8. The molecule has 0 aromatic heterocycles. The van der Waals surface area contributed by atoms with E-state index in [1.807, 2.05) is 0 Å².